The lowest BCUT2D eigenvalue weighted by molar-refractivity contribution is 0.350. The maximum absolute atomic E-state index is 12.8. The minimum atomic E-state index is -3.53. The van der Waals surface area contributed by atoms with Crippen molar-refractivity contribution in [3.63, 3.8) is 0 Å². The number of benzene rings is 1. The predicted molar refractivity (Wildman–Crippen MR) is 85.2 cm³/mol. The van der Waals surface area contributed by atoms with Gasteiger partial charge in [0, 0.05) is 13.1 Å². The molecule has 1 fully saturated rings. The van der Waals surface area contributed by atoms with Crippen LogP contribution in [-0.2, 0) is 10.0 Å². The van der Waals surface area contributed by atoms with Crippen molar-refractivity contribution >= 4 is 45.2 Å². The van der Waals surface area contributed by atoms with Crippen LogP contribution in [0.25, 0.3) is 11.0 Å². The highest BCUT2D eigenvalue weighted by atomic mass is 35.5. The summed E-state index contributed by atoms with van der Waals surface area (Å²) in [5, 5.41) is 0. The van der Waals surface area contributed by atoms with Crippen LogP contribution in [0.1, 0.15) is 13.3 Å². The number of nitrogens with two attached hydrogens (primary N) is 1. The molecule has 1 saturated heterocycles. The van der Waals surface area contributed by atoms with Gasteiger partial charge in [-0.1, -0.05) is 13.0 Å². The van der Waals surface area contributed by atoms with Gasteiger partial charge in [0.1, 0.15) is 15.9 Å². The molecule has 2 aromatic rings. The van der Waals surface area contributed by atoms with Crippen molar-refractivity contribution in [1.82, 2.24) is 13.1 Å². The van der Waals surface area contributed by atoms with Gasteiger partial charge in [0.15, 0.2) is 0 Å². The molecular formula is C12H17ClN4O2S2. The first-order chi connectivity index (χ1) is 9.46. The fourth-order valence-corrected chi connectivity index (χ4v) is 4.82. The van der Waals surface area contributed by atoms with Gasteiger partial charge in [-0.25, -0.2) is 8.42 Å². The Kier molecular flexibility index (Phi) is 4.55. The number of fused-ring (bicyclic) bond motifs is 1. The molecule has 2 N–H and O–H groups in total. The normalized spacial score (nSPS) is 23.3. The number of hydrogen-bond acceptors (Lipinski definition) is 6. The summed E-state index contributed by atoms with van der Waals surface area (Å²) < 4.78 is 35.3. The number of nitrogens with zero attached hydrogens (tertiary/aromatic N) is 3. The van der Waals surface area contributed by atoms with Crippen LogP contribution in [0.5, 0.6) is 0 Å². The summed E-state index contributed by atoms with van der Waals surface area (Å²) in [5.41, 5.74) is 6.69. The van der Waals surface area contributed by atoms with E-state index < -0.39 is 10.0 Å². The van der Waals surface area contributed by atoms with Gasteiger partial charge in [-0.2, -0.15) is 13.1 Å². The van der Waals surface area contributed by atoms with E-state index in [-0.39, 0.29) is 22.7 Å². The first-order valence-electron chi connectivity index (χ1n) is 6.38. The summed E-state index contributed by atoms with van der Waals surface area (Å²) >= 11 is 1.03. The third kappa shape index (κ3) is 2.78. The molecule has 116 valence electrons. The van der Waals surface area contributed by atoms with Crippen molar-refractivity contribution in [2.45, 2.75) is 18.2 Å². The Hall–Kier alpha value is -0.800. The SMILES string of the molecule is CC1(CN)CCN(S(=O)(=O)c2cccc3nsnc23)C1.Cl. The van der Waals surface area contributed by atoms with E-state index in [4.69, 9.17) is 5.73 Å². The molecule has 0 saturated carbocycles. The highest BCUT2D eigenvalue weighted by molar-refractivity contribution is 7.89. The van der Waals surface area contributed by atoms with Gasteiger partial charge in [0.05, 0.1) is 11.7 Å². The van der Waals surface area contributed by atoms with Crippen molar-refractivity contribution in [3.8, 4) is 0 Å². The van der Waals surface area contributed by atoms with E-state index in [1.165, 1.54) is 4.31 Å². The molecule has 0 radical (unpaired) electrons. The summed E-state index contributed by atoms with van der Waals surface area (Å²) in [7, 11) is -3.53. The zero-order valence-electron chi connectivity index (χ0n) is 11.5. The molecule has 6 nitrogen and oxygen atoms in total. The van der Waals surface area contributed by atoms with Crippen LogP contribution in [0.3, 0.4) is 0 Å². The summed E-state index contributed by atoms with van der Waals surface area (Å²) in [6, 6.07) is 5.07. The van der Waals surface area contributed by atoms with Crippen LogP contribution in [-0.4, -0.2) is 41.1 Å². The quantitative estimate of drug-likeness (QED) is 0.907. The van der Waals surface area contributed by atoms with Crippen LogP contribution in [0, 0.1) is 5.41 Å². The van der Waals surface area contributed by atoms with Crippen LogP contribution in [0.2, 0.25) is 0 Å². The summed E-state index contributed by atoms with van der Waals surface area (Å²) in [6.45, 7) is 3.47. The van der Waals surface area contributed by atoms with Gasteiger partial charge in [0.2, 0.25) is 10.0 Å². The lowest BCUT2D eigenvalue weighted by Crippen LogP contribution is -2.34. The van der Waals surface area contributed by atoms with Crippen molar-refractivity contribution in [1.29, 1.82) is 0 Å². The number of halogens is 1. The van der Waals surface area contributed by atoms with E-state index in [0.717, 1.165) is 18.1 Å². The predicted octanol–water partition coefficient (Wildman–Crippen LogP) is 1.47. The monoisotopic (exact) mass is 348 g/mol. The van der Waals surface area contributed by atoms with Crippen LogP contribution < -0.4 is 5.73 Å². The van der Waals surface area contributed by atoms with E-state index >= 15 is 0 Å². The Morgan fingerprint density at radius 1 is 1.43 bits per heavy atom. The molecule has 3 rings (SSSR count). The van der Waals surface area contributed by atoms with Crippen LogP contribution >= 0.6 is 24.1 Å². The molecule has 1 aliphatic rings. The maximum Gasteiger partial charge on any atom is 0.245 e. The highest BCUT2D eigenvalue weighted by Gasteiger charge is 2.39. The average molecular weight is 349 g/mol. The molecule has 9 heteroatoms. The Morgan fingerprint density at radius 3 is 2.86 bits per heavy atom. The van der Waals surface area contributed by atoms with Gasteiger partial charge >= 0.3 is 0 Å². The summed E-state index contributed by atoms with van der Waals surface area (Å²) in [5.74, 6) is 0. The third-order valence-electron chi connectivity index (χ3n) is 3.88. The smallest absolute Gasteiger partial charge is 0.245 e. The molecule has 0 amide bonds. The third-order valence-corrected chi connectivity index (χ3v) is 6.30. The molecule has 2 heterocycles. The molecule has 21 heavy (non-hydrogen) atoms. The molecule has 0 spiro atoms. The van der Waals surface area contributed by atoms with Gasteiger partial charge in [-0.05, 0) is 30.5 Å². The Bertz CT molecular complexity index is 749. The van der Waals surface area contributed by atoms with E-state index in [2.05, 4.69) is 8.75 Å². The van der Waals surface area contributed by atoms with Crippen LogP contribution in [0.15, 0.2) is 23.1 Å². The zero-order valence-corrected chi connectivity index (χ0v) is 14.0. The van der Waals surface area contributed by atoms with Crippen LogP contribution in [0.4, 0.5) is 0 Å². The first-order valence-corrected chi connectivity index (χ1v) is 8.55. The lowest BCUT2D eigenvalue weighted by atomic mass is 9.90. The molecular weight excluding hydrogens is 332 g/mol. The van der Waals surface area contributed by atoms with Gasteiger partial charge in [-0.15, -0.1) is 12.4 Å². The number of aromatic nitrogens is 2. The van der Waals surface area contributed by atoms with Crippen molar-refractivity contribution in [3.05, 3.63) is 18.2 Å². The van der Waals surface area contributed by atoms with Gasteiger partial charge < -0.3 is 5.73 Å². The summed E-state index contributed by atoms with van der Waals surface area (Å²) in [6.07, 6.45) is 0.786. The number of rotatable bonds is 3. The van der Waals surface area contributed by atoms with E-state index in [0.29, 0.717) is 30.7 Å². The topological polar surface area (TPSA) is 89.2 Å². The molecule has 1 aromatic carbocycles. The zero-order chi connectivity index (χ0) is 14.4. The second-order valence-corrected chi connectivity index (χ2v) is 7.93. The van der Waals surface area contributed by atoms with Crippen molar-refractivity contribution in [2.75, 3.05) is 19.6 Å². The van der Waals surface area contributed by atoms with Crippen molar-refractivity contribution < 1.29 is 8.42 Å². The molecule has 1 atom stereocenters. The molecule has 0 bridgehead atoms. The fraction of sp³-hybridized carbons (Fsp3) is 0.500. The van der Waals surface area contributed by atoms with E-state index in [1.807, 2.05) is 6.92 Å². The molecule has 1 aliphatic heterocycles. The lowest BCUT2D eigenvalue weighted by Gasteiger charge is -2.22. The second kappa shape index (κ2) is 5.77. The minimum absolute atomic E-state index is 0. The Labute approximate surface area is 134 Å². The van der Waals surface area contributed by atoms with E-state index in [1.54, 1.807) is 18.2 Å². The molecule has 1 aromatic heterocycles. The minimum Gasteiger partial charge on any atom is -0.330 e. The highest BCUT2D eigenvalue weighted by Crippen LogP contribution is 2.34. The van der Waals surface area contributed by atoms with Crippen molar-refractivity contribution in [2.24, 2.45) is 11.1 Å². The number of hydrogen-bond donors (Lipinski definition) is 1. The number of sulfonamides is 1. The Balaban J connectivity index is 0.00000161. The second-order valence-electron chi connectivity index (χ2n) is 5.49. The van der Waals surface area contributed by atoms with E-state index in [9.17, 15) is 8.42 Å². The van der Waals surface area contributed by atoms with Gasteiger partial charge in [0.25, 0.3) is 0 Å². The fourth-order valence-electron chi connectivity index (χ4n) is 2.48. The largest absolute Gasteiger partial charge is 0.330 e. The standard InChI is InChI=1S/C12H16N4O2S2.ClH/c1-12(7-13)5-6-16(8-12)20(17,18)10-4-2-3-9-11(10)15-19-14-9;/h2-4H,5-8,13H2,1H3;1H. The maximum atomic E-state index is 12.8. The molecule has 1 unspecified atom stereocenters. The molecule has 0 aliphatic carbocycles. The first kappa shape index (κ1) is 16.6. The Morgan fingerprint density at radius 2 is 2.19 bits per heavy atom. The average Bonchev–Trinajstić information content (AvgIpc) is 3.05. The summed E-state index contributed by atoms with van der Waals surface area (Å²) in [4.78, 5) is 0.241. The van der Waals surface area contributed by atoms with Gasteiger partial charge in [-0.3, -0.25) is 0 Å².